The Bertz CT molecular complexity index is 709. The van der Waals surface area contributed by atoms with Crippen LogP contribution in [-0.2, 0) is 13.1 Å². The molecule has 2 heterocycles. The van der Waals surface area contributed by atoms with Gasteiger partial charge >= 0.3 is 0 Å². The van der Waals surface area contributed by atoms with Gasteiger partial charge in [-0.25, -0.2) is 0 Å². The second-order valence-electron chi connectivity index (χ2n) is 4.93. The van der Waals surface area contributed by atoms with E-state index in [9.17, 15) is 0 Å². The number of aryl methyl sites for hydroxylation is 2. The molecule has 3 aromatic rings. The van der Waals surface area contributed by atoms with E-state index in [0.29, 0.717) is 0 Å². The summed E-state index contributed by atoms with van der Waals surface area (Å²) in [5.41, 5.74) is 3.29. The van der Waals surface area contributed by atoms with Gasteiger partial charge in [-0.3, -0.25) is 4.98 Å². The van der Waals surface area contributed by atoms with Crippen LogP contribution < -0.4 is 5.32 Å². The van der Waals surface area contributed by atoms with Gasteiger partial charge in [-0.05, 0) is 24.8 Å². The Labute approximate surface area is 117 Å². The number of pyridine rings is 1. The topological polar surface area (TPSA) is 51.0 Å². The molecule has 0 fully saturated rings. The van der Waals surface area contributed by atoms with Crippen molar-refractivity contribution in [1.29, 1.82) is 0 Å². The Morgan fingerprint density at radius 2 is 1.95 bits per heavy atom. The fourth-order valence-corrected chi connectivity index (χ4v) is 2.40. The molecule has 1 N–H and O–H groups in total. The normalized spacial score (nSPS) is 11.1. The number of nitrogens with one attached hydrogen (secondary N) is 1. The average Bonchev–Trinajstić information content (AvgIpc) is 2.79. The van der Waals surface area contributed by atoms with E-state index >= 15 is 0 Å². The molecular weight excluding hydrogens is 250 g/mol. The summed E-state index contributed by atoms with van der Waals surface area (Å²) in [6, 6.07) is 8.30. The summed E-state index contributed by atoms with van der Waals surface area (Å²) in [6.45, 7) is 5.44. The highest BCUT2D eigenvalue weighted by Crippen LogP contribution is 2.17. The first kappa shape index (κ1) is 12.8. The molecule has 0 aliphatic carbocycles. The van der Waals surface area contributed by atoms with Crippen LogP contribution >= 0.6 is 0 Å². The van der Waals surface area contributed by atoms with E-state index in [1.807, 2.05) is 32.3 Å². The zero-order valence-corrected chi connectivity index (χ0v) is 11.7. The molecule has 102 valence electrons. The van der Waals surface area contributed by atoms with Crippen molar-refractivity contribution in [2.24, 2.45) is 0 Å². The van der Waals surface area contributed by atoms with E-state index in [-0.39, 0.29) is 0 Å². The highest BCUT2D eigenvalue weighted by Gasteiger charge is 2.08. The molecule has 20 heavy (non-hydrogen) atoms. The molecule has 0 aliphatic rings. The minimum atomic E-state index is 0.754. The summed E-state index contributed by atoms with van der Waals surface area (Å²) in [5.74, 6) is 0.881. The zero-order valence-electron chi connectivity index (χ0n) is 11.7. The van der Waals surface area contributed by atoms with Crippen molar-refractivity contribution in [2.45, 2.75) is 26.9 Å². The van der Waals surface area contributed by atoms with E-state index in [1.165, 1.54) is 16.3 Å². The fourth-order valence-electron chi connectivity index (χ4n) is 2.40. The van der Waals surface area contributed by atoms with Crippen molar-refractivity contribution in [1.82, 2.24) is 15.5 Å². The van der Waals surface area contributed by atoms with E-state index < -0.39 is 0 Å². The first-order valence-corrected chi connectivity index (χ1v) is 6.70. The number of benzene rings is 1. The molecule has 0 atom stereocenters. The first-order chi connectivity index (χ1) is 9.75. The molecule has 0 spiro atoms. The molecule has 0 unspecified atom stereocenters. The zero-order chi connectivity index (χ0) is 13.9. The lowest BCUT2D eigenvalue weighted by Crippen LogP contribution is -2.14. The van der Waals surface area contributed by atoms with E-state index in [2.05, 4.69) is 33.7 Å². The van der Waals surface area contributed by atoms with Gasteiger partial charge in [0, 0.05) is 36.4 Å². The molecule has 3 rings (SSSR count). The average molecular weight is 267 g/mol. The summed E-state index contributed by atoms with van der Waals surface area (Å²) in [5, 5.41) is 9.82. The number of nitrogens with zero attached hydrogens (tertiary/aromatic N) is 2. The minimum Gasteiger partial charge on any atom is -0.361 e. The summed E-state index contributed by atoms with van der Waals surface area (Å²) in [4.78, 5) is 4.29. The van der Waals surface area contributed by atoms with Gasteiger partial charge in [0.25, 0.3) is 0 Å². The van der Waals surface area contributed by atoms with Crippen molar-refractivity contribution >= 4 is 10.8 Å². The third-order valence-corrected chi connectivity index (χ3v) is 3.55. The van der Waals surface area contributed by atoms with Crippen molar-refractivity contribution in [3.8, 4) is 0 Å². The van der Waals surface area contributed by atoms with Gasteiger partial charge in [0.1, 0.15) is 5.76 Å². The second kappa shape index (κ2) is 5.43. The fraction of sp³-hybridized carbons (Fsp3) is 0.250. The van der Waals surface area contributed by atoms with Gasteiger partial charge in [0.2, 0.25) is 0 Å². The highest BCUT2D eigenvalue weighted by atomic mass is 16.5. The largest absolute Gasteiger partial charge is 0.361 e. The lowest BCUT2D eigenvalue weighted by Gasteiger charge is -2.07. The van der Waals surface area contributed by atoms with E-state index in [0.717, 1.165) is 30.1 Å². The molecule has 0 saturated carbocycles. The van der Waals surface area contributed by atoms with Gasteiger partial charge in [0.05, 0.1) is 5.69 Å². The molecule has 1 aromatic carbocycles. The predicted molar refractivity (Wildman–Crippen MR) is 78.3 cm³/mol. The van der Waals surface area contributed by atoms with Crippen LogP contribution in [0.1, 0.15) is 22.6 Å². The SMILES string of the molecule is Cc1noc(C)c1CNCc1cncc2ccccc12. The second-order valence-corrected chi connectivity index (χ2v) is 4.93. The van der Waals surface area contributed by atoms with Gasteiger partial charge in [-0.2, -0.15) is 0 Å². The Morgan fingerprint density at radius 3 is 2.75 bits per heavy atom. The van der Waals surface area contributed by atoms with Gasteiger partial charge in [-0.15, -0.1) is 0 Å². The quantitative estimate of drug-likeness (QED) is 0.789. The van der Waals surface area contributed by atoms with Crippen LogP contribution in [-0.4, -0.2) is 10.1 Å². The monoisotopic (exact) mass is 267 g/mol. The molecular formula is C16H17N3O. The van der Waals surface area contributed by atoms with Gasteiger partial charge in [-0.1, -0.05) is 29.4 Å². The molecule has 0 amide bonds. The lowest BCUT2D eigenvalue weighted by molar-refractivity contribution is 0.392. The Morgan fingerprint density at radius 1 is 1.10 bits per heavy atom. The third-order valence-electron chi connectivity index (χ3n) is 3.55. The maximum atomic E-state index is 5.17. The lowest BCUT2D eigenvalue weighted by atomic mass is 10.1. The van der Waals surface area contributed by atoms with Crippen molar-refractivity contribution in [3.05, 3.63) is 59.2 Å². The predicted octanol–water partition coefficient (Wildman–Crippen LogP) is 3.13. The van der Waals surface area contributed by atoms with Crippen LogP contribution in [0.3, 0.4) is 0 Å². The van der Waals surface area contributed by atoms with E-state index in [1.54, 1.807) is 0 Å². The Kier molecular flexibility index (Phi) is 3.48. The van der Waals surface area contributed by atoms with Crippen LogP contribution in [0.25, 0.3) is 10.8 Å². The first-order valence-electron chi connectivity index (χ1n) is 6.70. The molecule has 4 heteroatoms. The third kappa shape index (κ3) is 2.42. The molecule has 4 nitrogen and oxygen atoms in total. The standard InChI is InChI=1S/C16H17N3O/c1-11-16(12(2)20-19-11)10-18-9-14-8-17-7-13-5-3-4-6-15(13)14/h3-8,18H,9-10H2,1-2H3. The number of hydrogen-bond donors (Lipinski definition) is 1. The Balaban J connectivity index is 1.75. The number of fused-ring (bicyclic) bond motifs is 1. The van der Waals surface area contributed by atoms with Crippen LogP contribution in [0.5, 0.6) is 0 Å². The van der Waals surface area contributed by atoms with Crippen molar-refractivity contribution < 1.29 is 4.52 Å². The summed E-state index contributed by atoms with van der Waals surface area (Å²) < 4.78 is 5.17. The summed E-state index contributed by atoms with van der Waals surface area (Å²) >= 11 is 0. The Hall–Kier alpha value is -2.20. The number of hydrogen-bond acceptors (Lipinski definition) is 4. The number of rotatable bonds is 4. The smallest absolute Gasteiger partial charge is 0.138 e. The molecule has 0 bridgehead atoms. The van der Waals surface area contributed by atoms with Crippen molar-refractivity contribution in [2.75, 3.05) is 0 Å². The number of aromatic nitrogens is 2. The van der Waals surface area contributed by atoms with Crippen LogP contribution in [0.2, 0.25) is 0 Å². The minimum absolute atomic E-state index is 0.754. The van der Waals surface area contributed by atoms with Crippen LogP contribution in [0.15, 0.2) is 41.2 Å². The van der Waals surface area contributed by atoms with Gasteiger partial charge in [0.15, 0.2) is 0 Å². The van der Waals surface area contributed by atoms with Crippen LogP contribution in [0, 0.1) is 13.8 Å². The molecule has 0 aliphatic heterocycles. The maximum Gasteiger partial charge on any atom is 0.138 e. The summed E-state index contributed by atoms with van der Waals surface area (Å²) in [6.07, 6.45) is 3.82. The summed E-state index contributed by atoms with van der Waals surface area (Å²) in [7, 11) is 0. The van der Waals surface area contributed by atoms with Crippen LogP contribution in [0.4, 0.5) is 0 Å². The van der Waals surface area contributed by atoms with E-state index in [4.69, 9.17) is 4.52 Å². The van der Waals surface area contributed by atoms with Gasteiger partial charge < -0.3 is 9.84 Å². The maximum absolute atomic E-state index is 5.17. The molecule has 0 radical (unpaired) electrons. The van der Waals surface area contributed by atoms with Crippen molar-refractivity contribution in [3.63, 3.8) is 0 Å². The molecule has 0 saturated heterocycles. The highest BCUT2D eigenvalue weighted by molar-refractivity contribution is 5.84. The molecule has 2 aromatic heterocycles.